The van der Waals surface area contributed by atoms with Crippen LogP contribution in [-0.2, 0) is 9.53 Å². The zero-order valence-electron chi connectivity index (χ0n) is 12.4. The zero-order valence-corrected chi connectivity index (χ0v) is 12.4. The van der Waals surface area contributed by atoms with Crippen molar-refractivity contribution in [2.24, 2.45) is 0 Å². The Balaban J connectivity index is 2.15. The Kier molecular flexibility index (Phi) is 5.55. The van der Waals surface area contributed by atoms with E-state index in [1.807, 2.05) is 12.1 Å². The summed E-state index contributed by atoms with van der Waals surface area (Å²) in [5.41, 5.74) is 1.96. The molecule has 1 N–H and O–H groups in total. The Labute approximate surface area is 125 Å². The highest BCUT2D eigenvalue weighted by atomic mass is 16.5. The molecule has 0 saturated heterocycles. The molecular formula is C17H21NO3. The quantitative estimate of drug-likeness (QED) is 0.521. The van der Waals surface area contributed by atoms with E-state index in [4.69, 9.17) is 4.74 Å². The van der Waals surface area contributed by atoms with Gasteiger partial charge in [0.15, 0.2) is 5.78 Å². The molecule has 0 aliphatic heterocycles. The molecule has 0 unspecified atom stereocenters. The Morgan fingerprint density at radius 1 is 1.24 bits per heavy atom. The summed E-state index contributed by atoms with van der Waals surface area (Å²) in [5.74, 6) is -0.153. The van der Waals surface area contributed by atoms with Gasteiger partial charge in [0.05, 0.1) is 17.9 Å². The highest BCUT2D eigenvalue weighted by molar-refractivity contribution is 5.97. The van der Waals surface area contributed by atoms with E-state index in [9.17, 15) is 9.59 Å². The SMILES string of the molecule is CCOC(=O)c1ccccc1N/C=C1\CCCCCC1=O. The third-order valence-electron chi connectivity index (χ3n) is 3.53. The van der Waals surface area contributed by atoms with Crippen LogP contribution in [0.3, 0.4) is 0 Å². The van der Waals surface area contributed by atoms with Gasteiger partial charge >= 0.3 is 5.97 Å². The number of carbonyl (C=O) groups is 2. The predicted octanol–water partition coefficient (Wildman–Crippen LogP) is 3.69. The molecule has 21 heavy (non-hydrogen) atoms. The summed E-state index contributed by atoms with van der Waals surface area (Å²) in [6, 6.07) is 7.16. The van der Waals surface area contributed by atoms with Crippen molar-refractivity contribution in [1.29, 1.82) is 0 Å². The predicted molar refractivity (Wildman–Crippen MR) is 82.2 cm³/mol. The molecule has 0 bridgehead atoms. The fourth-order valence-electron chi connectivity index (χ4n) is 2.39. The van der Waals surface area contributed by atoms with E-state index < -0.39 is 0 Å². The van der Waals surface area contributed by atoms with Crippen molar-refractivity contribution in [2.75, 3.05) is 11.9 Å². The molecule has 112 valence electrons. The summed E-state index contributed by atoms with van der Waals surface area (Å²) < 4.78 is 5.03. The van der Waals surface area contributed by atoms with Crippen molar-refractivity contribution < 1.29 is 14.3 Å². The maximum absolute atomic E-state index is 12.0. The molecule has 4 nitrogen and oxygen atoms in total. The molecule has 2 rings (SSSR count). The number of esters is 1. The van der Waals surface area contributed by atoms with Gasteiger partial charge in [0.1, 0.15) is 0 Å². The molecule has 4 heteroatoms. The zero-order chi connectivity index (χ0) is 15.1. The van der Waals surface area contributed by atoms with Crippen LogP contribution in [0.4, 0.5) is 5.69 Å². The van der Waals surface area contributed by atoms with Gasteiger partial charge < -0.3 is 10.1 Å². The lowest BCUT2D eigenvalue weighted by atomic mass is 10.1. The van der Waals surface area contributed by atoms with Gasteiger partial charge in [-0.1, -0.05) is 18.6 Å². The number of benzene rings is 1. The molecule has 0 heterocycles. The van der Waals surface area contributed by atoms with Crippen LogP contribution in [-0.4, -0.2) is 18.4 Å². The molecule has 1 aliphatic rings. The van der Waals surface area contributed by atoms with Crippen molar-refractivity contribution >= 4 is 17.4 Å². The fraction of sp³-hybridized carbons (Fsp3) is 0.412. The second kappa shape index (κ2) is 7.62. The summed E-state index contributed by atoms with van der Waals surface area (Å²) in [5, 5.41) is 3.10. The number of hydrogen-bond donors (Lipinski definition) is 1. The Morgan fingerprint density at radius 3 is 2.81 bits per heavy atom. The van der Waals surface area contributed by atoms with Gasteiger partial charge in [-0.25, -0.2) is 4.79 Å². The van der Waals surface area contributed by atoms with E-state index in [1.165, 1.54) is 0 Å². The largest absolute Gasteiger partial charge is 0.462 e. The van der Waals surface area contributed by atoms with E-state index in [0.29, 0.717) is 24.3 Å². The summed E-state index contributed by atoms with van der Waals surface area (Å²) in [4.78, 5) is 23.8. The number of carbonyl (C=O) groups excluding carboxylic acids is 2. The third-order valence-corrected chi connectivity index (χ3v) is 3.53. The smallest absolute Gasteiger partial charge is 0.340 e. The Hall–Kier alpha value is -2.10. The third kappa shape index (κ3) is 4.18. The molecule has 1 fully saturated rings. The van der Waals surface area contributed by atoms with Crippen LogP contribution in [0, 0.1) is 0 Å². The highest BCUT2D eigenvalue weighted by Gasteiger charge is 2.14. The van der Waals surface area contributed by atoms with Crippen molar-refractivity contribution in [1.82, 2.24) is 0 Å². The Bertz CT molecular complexity index is 549. The van der Waals surface area contributed by atoms with Gasteiger partial charge in [-0.3, -0.25) is 4.79 Å². The number of Topliss-reactive ketones (excluding diaryl/α,β-unsaturated/α-hetero) is 1. The molecular weight excluding hydrogens is 266 g/mol. The average Bonchev–Trinajstić information content (AvgIpc) is 2.70. The summed E-state index contributed by atoms with van der Waals surface area (Å²) >= 11 is 0. The van der Waals surface area contributed by atoms with Crippen molar-refractivity contribution in [3.8, 4) is 0 Å². The molecule has 1 aliphatic carbocycles. The van der Waals surface area contributed by atoms with E-state index >= 15 is 0 Å². The second-order valence-corrected chi connectivity index (χ2v) is 5.06. The summed E-state index contributed by atoms with van der Waals surface area (Å²) in [7, 11) is 0. The van der Waals surface area contributed by atoms with Crippen molar-refractivity contribution in [3.63, 3.8) is 0 Å². The van der Waals surface area contributed by atoms with E-state index in [0.717, 1.165) is 31.3 Å². The first-order valence-corrected chi connectivity index (χ1v) is 7.47. The van der Waals surface area contributed by atoms with Crippen LogP contribution < -0.4 is 5.32 Å². The van der Waals surface area contributed by atoms with Crippen molar-refractivity contribution in [3.05, 3.63) is 41.6 Å². The topological polar surface area (TPSA) is 55.4 Å². The highest BCUT2D eigenvalue weighted by Crippen LogP contribution is 2.21. The number of ether oxygens (including phenoxy) is 1. The molecule has 1 aromatic rings. The summed E-state index contributed by atoms with van der Waals surface area (Å²) in [6.45, 7) is 2.12. The number of para-hydroxylation sites is 1. The van der Waals surface area contributed by atoms with Crippen LogP contribution in [0.1, 0.15) is 49.4 Å². The lowest BCUT2D eigenvalue weighted by molar-refractivity contribution is -0.115. The molecule has 0 amide bonds. The normalized spacial score (nSPS) is 17.4. The van der Waals surface area contributed by atoms with Gasteiger partial charge in [0.25, 0.3) is 0 Å². The number of rotatable bonds is 4. The van der Waals surface area contributed by atoms with E-state index in [2.05, 4.69) is 5.32 Å². The number of allylic oxidation sites excluding steroid dienone is 1. The molecule has 1 saturated carbocycles. The van der Waals surface area contributed by atoms with Gasteiger partial charge in [0, 0.05) is 18.2 Å². The minimum absolute atomic E-state index is 0.202. The van der Waals surface area contributed by atoms with Crippen LogP contribution in [0.15, 0.2) is 36.0 Å². The fourth-order valence-corrected chi connectivity index (χ4v) is 2.39. The molecule has 1 aromatic carbocycles. The van der Waals surface area contributed by atoms with Crippen LogP contribution >= 0.6 is 0 Å². The second-order valence-electron chi connectivity index (χ2n) is 5.06. The first-order valence-electron chi connectivity index (χ1n) is 7.47. The minimum atomic E-state index is -0.355. The standard InChI is InChI=1S/C17H21NO3/c1-2-21-17(20)14-9-6-7-10-15(14)18-12-13-8-4-3-5-11-16(13)19/h6-7,9-10,12,18H,2-5,8,11H2,1H3/b13-12+. The molecule has 0 spiro atoms. The van der Waals surface area contributed by atoms with E-state index in [1.54, 1.807) is 25.3 Å². The monoisotopic (exact) mass is 287 g/mol. The molecule has 0 radical (unpaired) electrons. The number of nitrogens with one attached hydrogen (secondary N) is 1. The van der Waals surface area contributed by atoms with Crippen LogP contribution in [0.2, 0.25) is 0 Å². The first-order chi connectivity index (χ1) is 10.2. The van der Waals surface area contributed by atoms with E-state index in [-0.39, 0.29) is 11.8 Å². The average molecular weight is 287 g/mol. The van der Waals surface area contributed by atoms with Gasteiger partial charge in [0.2, 0.25) is 0 Å². The lowest BCUT2D eigenvalue weighted by Crippen LogP contribution is -2.08. The van der Waals surface area contributed by atoms with Crippen LogP contribution in [0.5, 0.6) is 0 Å². The van der Waals surface area contributed by atoms with Crippen molar-refractivity contribution in [2.45, 2.75) is 39.0 Å². The maximum atomic E-state index is 12.0. The summed E-state index contributed by atoms with van der Waals surface area (Å²) in [6.07, 6.45) is 6.27. The number of hydrogen-bond acceptors (Lipinski definition) is 4. The molecule has 0 atom stereocenters. The first kappa shape index (κ1) is 15.3. The van der Waals surface area contributed by atoms with Gasteiger partial charge in [-0.05, 0) is 38.3 Å². The Morgan fingerprint density at radius 2 is 2.00 bits per heavy atom. The van der Waals surface area contributed by atoms with Gasteiger partial charge in [-0.2, -0.15) is 0 Å². The maximum Gasteiger partial charge on any atom is 0.340 e. The van der Waals surface area contributed by atoms with Gasteiger partial charge in [-0.15, -0.1) is 0 Å². The number of anilines is 1. The van der Waals surface area contributed by atoms with Crippen LogP contribution in [0.25, 0.3) is 0 Å². The number of ketones is 1. The molecule has 0 aromatic heterocycles. The minimum Gasteiger partial charge on any atom is -0.462 e. The lowest BCUT2D eigenvalue weighted by Gasteiger charge is -2.09.